The fourth-order valence-corrected chi connectivity index (χ4v) is 3.40. The standard InChI is InChI=1S/C27H22O/c1-19-8-12-22(13-9-19)26-18-24(27(28)23-14-10-20(2)11-15-23)16-17-25(26)21-6-4-3-5-7-21/h3-18H,1-2H3. The molecule has 0 N–H and O–H groups in total. The van der Waals surface area contributed by atoms with E-state index in [0.717, 1.165) is 27.8 Å². The summed E-state index contributed by atoms with van der Waals surface area (Å²) in [6.45, 7) is 4.11. The summed E-state index contributed by atoms with van der Waals surface area (Å²) in [5, 5.41) is 0. The molecule has 0 amide bonds. The molecule has 0 aliphatic rings. The van der Waals surface area contributed by atoms with Crippen LogP contribution in [0.5, 0.6) is 0 Å². The molecule has 0 aromatic heterocycles. The van der Waals surface area contributed by atoms with Crippen LogP contribution in [0.4, 0.5) is 0 Å². The van der Waals surface area contributed by atoms with Crippen molar-refractivity contribution in [2.75, 3.05) is 0 Å². The van der Waals surface area contributed by atoms with Crippen molar-refractivity contribution >= 4 is 5.78 Å². The maximum Gasteiger partial charge on any atom is 0.193 e. The van der Waals surface area contributed by atoms with Crippen LogP contribution >= 0.6 is 0 Å². The predicted molar refractivity (Wildman–Crippen MR) is 117 cm³/mol. The molecule has 0 saturated carbocycles. The van der Waals surface area contributed by atoms with Gasteiger partial charge in [0.25, 0.3) is 0 Å². The number of rotatable bonds is 4. The van der Waals surface area contributed by atoms with Gasteiger partial charge in [-0.05, 0) is 42.2 Å². The Balaban J connectivity index is 1.84. The van der Waals surface area contributed by atoms with Crippen LogP contribution in [0, 0.1) is 13.8 Å². The Morgan fingerprint density at radius 3 is 1.71 bits per heavy atom. The van der Waals surface area contributed by atoms with E-state index >= 15 is 0 Å². The third-order valence-corrected chi connectivity index (χ3v) is 5.04. The Kier molecular flexibility index (Phi) is 4.90. The minimum absolute atomic E-state index is 0.0490. The van der Waals surface area contributed by atoms with Crippen molar-refractivity contribution in [3.63, 3.8) is 0 Å². The molecule has 0 saturated heterocycles. The number of hydrogen-bond donors (Lipinski definition) is 0. The minimum atomic E-state index is 0.0490. The molecular weight excluding hydrogens is 340 g/mol. The average Bonchev–Trinajstić information content (AvgIpc) is 2.74. The lowest BCUT2D eigenvalue weighted by atomic mass is 9.90. The Bertz CT molecular complexity index is 1110. The van der Waals surface area contributed by atoms with E-state index in [1.165, 1.54) is 5.56 Å². The molecule has 0 aliphatic carbocycles. The second kappa shape index (κ2) is 7.66. The van der Waals surface area contributed by atoms with Crippen molar-refractivity contribution in [3.05, 3.63) is 119 Å². The molecule has 4 aromatic carbocycles. The maximum atomic E-state index is 13.0. The normalized spacial score (nSPS) is 10.6. The molecule has 0 spiro atoms. The molecule has 28 heavy (non-hydrogen) atoms. The van der Waals surface area contributed by atoms with Gasteiger partial charge >= 0.3 is 0 Å². The van der Waals surface area contributed by atoms with E-state index in [4.69, 9.17) is 0 Å². The van der Waals surface area contributed by atoms with Crippen LogP contribution < -0.4 is 0 Å². The number of benzene rings is 4. The van der Waals surface area contributed by atoms with Gasteiger partial charge in [-0.1, -0.05) is 102 Å². The lowest BCUT2D eigenvalue weighted by molar-refractivity contribution is 0.103. The first-order valence-corrected chi connectivity index (χ1v) is 9.50. The van der Waals surface area contributed by atoms with Gasteiger partial charge in [-0.3, -0.25) is 4.79 Å². The highest BCUT2D eigenvalue weighted by Gasteiger charge is 2.14. The van der Waals surface area contributed by atoms with Crippen molar-refractivity contribution in [2.24, 2.45) is 0 Å². The van der Waals surface area contributed by atoms with Gasteiger partial charge in [0.05, 0.1) is 0 Å². The zero-order chi connectivity index (χ0) is 19.5. The van der Waals surface area contributed by atoms with Crippen molar-refractivity contribution in [2.45, 2.75) is 13.8 Å². The zero-order valence-electron chi connectivity index (χ0n) is 16.1. The molecule has 0 radical (unpaired) electrons. The number of aryl methyl sites for hydroxylation is 2. The molecule has 1 heteroatoms. The van der Waals surface area contributed by atoms with E-state index in [0.29, 0.717) is 11.1 Å². The molecule has 1 nitrogen and oxygen atoms in total. The topological polar surface area (TPSA) is 17.1 Å². The third kappa shape index (κ3) is 3.65. The second-order valence-electron chi connectivity index (χ2n) is 7.19. The monoisotopic (exact) mass is 362 g/mol. The Morgan fingerprint density at radius 2 is 1.07 bits per heavy atom. The van der Waals surface area contributed by atoms with Gasteiger partial charge in [-0.2, -0.15) is 0 Å². The first-order chi connectivity index (χ1) is 13.6. The van der Waals surface area contributed by atoms with E-state index in [-0.39, 0.29) is 5.78 Å². The first-order valence-electron chi connectivity index (χ1n) is 9.50. The molecule has 0 bridgehead atoms. The summed E-state index contributed by atoms with van der Waals surface area (Å²) < 4.78 is 0. The number of ketones is 1. The fourth-order valence-electron chi connectivity index (χ4n) is 3.40. The number of carbonyl (C=O) groups excluding carboxylic acids is 1. The fraction of sp³-hybridized carbons (Fsp3) is 0.0741. The second-order valence-corrected chi connectivity index (χ2v) is 7.19. The summed E-state index contributed by atoms with van der Waals surface area (Å²) in [4.78, 5) is 13.0. The van der Waals surface area contributed by atoms with Gasteiger partial charge in [-0.25, -0.2) is 0 Å². The largest absolute Gasteiger partial charge is 0.289 e. The van der Waals surface area contributed by atoms with Crippen LogP contribution in [-0.4, -0.2) is 5.78 Å². The Morgan fingerprint density at radius 1 is 0.536 bits per heavy atom. The van der Waals surface area contributed by atoms with Crippen LogP contribution in [0.25, 0.3) is 22.3 Å². The molecule has 0 unspecified atom stereocenters. The smallest absolute Gasteiger partial charge is 0.193 e. The van der Waals surface area contributed by atoms with Crippen LogP contribution in [-0.2, 0) is 0 Å². The van der Waals surface area contributed by atoms with Gasteiger partial charge in [0.2, 0.25) is 0 Å². The van der Waals surface area contributed by atoms with E-state index in [9.17, 15) is 4.79 Å². The highest BCUT2D eigenvalue weighted by Crippen LogP contribution is 2.33. The molecule has 0 atom stereocenters. The zero-order valence-corrected chi connectivity index (χ0v) is 16.1. The average molecular weight is 362 g/mol. The van der Waals surface area contributed by atoms with Crippen LogP contribution in [0.2, 0.25) is 0 Å². The molecule has 4 rings (SSSR count). The van der Waals surface area contributed by atoms with E-state index in [1.807, 2.05) is 61.5 Å². The summed E-state index contributed by atoms with van der Waals surface area (Å²) >= 11 is 0. The van der Waals surface area contributed by atoms with E-state index in [2.05, 4.69) is 49.4 Å². The summed E-state index contributed by atoms with van der Waals surface area (Å²) in [5.41, 5.74) is 8.25. The summed E-state index contributed by atoms with van der Waals surface area (Å²) in [6, 6.07) is 32.5. The first kappa shape index (κ1) is 17.9. The lowest BCUT2D eigenvalue weighted by Gasteiger charge is -2.13. The molecular formula is C27H22O. The SMILES string of the molecule is Cc1ccc(C(=O)c2ccc(-c3ccccc3)c(-c3ccc(C)cc3)c2)cc1. The number of hydrogen-bond acceptors (Lipinski definition) is 1. The highest BCUT2D eigenvalue weighted by molar-refractivity contribution is 6.10. The van der Waals surface area contributed by atoms with Crippen molar-refractivity contribution in [1.29, 1.82) is 0 Å². The van der Waals surface area contributed by atoms with Gasteiger partial charge in [0.1, 0.15) is 0 Å². The maximum absolute atomic E-state index is 13.0. The number of carbonyl (C=O) groups is 1. The van der Waals surface area contributed by atoms with E-state index in [1.54, 1.807) is 0 Å². The molecule has 4 aromatic rings. The van der Waals surface area contributed by atoms with Crippen LogP contribution in [0.3, 0.4) is 0 Å². The quantitative estimate of drug-likeness (QED) is 0.362. The van der Waals surface area contributed by atoms with Crippen molar-refractivity contribution < 1.29 is 4.79 Å². The third-order valence-electron chi connectivity index (χ3n) is 5.04. The predicted octanol–water partition coefficient (Wildman–Crippen LogP) is 6.87. The molecule has 0 aliphatic heterocycles. The Hall–Kier alpha value is -3.45. The summed E-state index contributed by atoms with van der Waals surface area (Å²) in [5.74, 6) is 0.0490. The van der Waals surface area contributed by atoms with Crippen LogP contribution in [0.1, 0.15) is 27.0 Å². The highest BCUT2D eigenvalue weighted by atomic mass is 16.1. The summed E-state index contributed by atoms with van der Waals surface area (Å²) in [7, 11) is 0. The van der Waals surface area contributed by atoms with Crippen molar-refractivity contribution in [3.8, 4) is 22.3 Å². The molecule has 0 fully saturated rings. The van der Waals surface area contributed by atoms with Gasteiger partial charge in [0, 0.05) is 11.1 Å². The summed E-state index contributed by atoms with van der Waals surface area (Å²) in [6.07, 6.45) is 0. The van der Waals surface area contributed by atoms with Gasteiger partial charge in [0.15, 0.2) is 5.78 Å². The van der Waals surface area contributed by atoms with Crippen LogP contribution in [0.15, 0.2) is 97.1 Å². The van der Waals surface area contributed by atoms with Gasteiger partial charge < -0.3 is 0 Å². The molecule has 0 heterocycles. The Labute approximate surface area is 166 Å². The minimum Gasteiger partial charge on any atom is -0.289 e. The van der Waals surface area contributed by atoms with Crippen molar-refractivity contribution in [1.82, 2.24) is 0 Å². The van der Waals surface area contributed by atoms with Gasteiger partial charge in [-0.15, -0.1) is 0 Å². The van der Waals surface area contributed by atoms with E-state index < -0.39 is 0 Å². The molecule has 136 valence electrons. The lowest BCUT2D eigenvalue weighted by Crippen LogP contribution is -2.02.